The molecular formula is C29H41N3O4. The lowest BCUT2D eigenvalue weighted by Crippen LogP contribution is -2.60. The Morgan fingerprint density at radius 2 is 1.83 bits per heavy atom. The molecule has 3 aliphatic rings. The molecule has 1 aromatic heterocycles. The number of nitrogens with one attached hydrogen (secondary N) is 1. The van der Waals surface area contributed by atoms with Crippen molar-refractivity contribution in [3.63, 3.8) is 0 Å². The summed E-state index contributed by atoms with van der Waals surface area (Å²) in [5, 5.41) is 11.0. The summed E-state index contributed by atoms with van der Waals surface area (Å²) in [5.41, 5.74) is 2.43. The molecule has 2 aromatic rings. The van der Waals surface area contributed by atoms with Gasteiger partial charge in [-0.1, -0.05) is 30.9 Å². The third-order valence-electron chi connectivity index (χ3n) is 8.75. The van der Waals surface area contributed by atoms with Crippen molar-refractivity contribution in [3.8, 4) is 0 Å². The second-order valence-electron chi connectivity index (χ2n) is 11.3. The van der Waals surface area contributed by atoms with Crippen molar-refractivity contribution in [2.45, 2.75) is 82.9 Å². The van der Waals surface area contributed by atoms with Crippen molar-refractivity contribution < 1.29 is 14.6 Å². The number of nitrogens with zero attached hydrogens (tertiary/aromatic N) is 2. The van der Waals surface area contributed by atoms with Crippen molar-refractivity contribution in [3.05, 3.63) is 45.7 Å². The maximum atomic E-state index is 14.0. The molecule has 2 N–H and O–H groups in total. The largest absolute Gasteiger partial charge is 0.393 e. The predicted molar refractivity (Wildman–Crippen MR) is 141 cm³/mol. The topological polar surface area (TPSA) is 85.9 Å². The Hall–Kier alpha value is -2.22. The van der Waals surface area contributed by atoms with E-state index in [1.54, 1.807) is 0 Å². The van der Waals surface area contributed by atoms with Gasteiger partial charge in [0.2, 0.25) is 5.91 Å². The van der Waals surface area contributed by atoms with Gasteiger partial charge in [0.1, 0.15) is 0 Å². The van der Waals surface area contributed by atoms with Gasteiger partial charge in [-0.15, -0.1) is 0 Å². The number of hydrogen-bond donors (Lipinski definition) is 2. The lowest BCUT2D eigenvalue weighted by Gasteiger charge is -2.50. The molecule has 2 saturated carbocycles. The molecule has 0 spiro atoms. The number of aromatic nitrogens is 1. The highest BCUT2D eigenvalue weighted by Gasteiger charge is 2.42. The van der Waals surface area contributed by atoms with Gasteiger partial charge in [0.15, 0.2) is 0 Å². The second-order valence-corrected chi connectivity index (χ2v) is 11.3. The van der Waals surface area contributed by atoms with Gasteiger partial charge in [0, 0.05) is 42.2 Å². The fourth-order valence-corrected chi connectivity index (χ4v) is 6.66. The van der Waals surface area contributed by atoms with Crippen LogP contribution in [0.3, 0.4) is 0 Å². The molecule has 0 unspecified atom stereocenters. The molecule has 7 nitrogen and oxygen atoms in total. The highest BCUT2D eigenvalue weighted by molar-refractivity contribution is 5.81. The first-order valence-electron chi connectivity index (χ1n) is 13.9. The molecule has 196 valence electrons. The number of pyridine rings is 1. The summed E-state index contributed by atoms with van der Waals surface area (Å²) < 4.78 is 5.66. The van der Waals surface area contributed by atoms with Crippen molar-refractivity contribution in [1.82, 2.24) is 14.8 Å². The van der Waals surface area contributed by atoms with Crippen LogP contribution in [0.5, 0.6) is 0 Å². The van der Waals surface area contributed by atoms with Crippen LogP contribution in [-0.2, 0) is 16.1 Å². The average molecular weight is 496 g/mol. The Morgan fingerprint density at radius 3 is 2.56 bits per heavy atom. The Morgan fingerprint density at radius 1 is 1.11 bits per heavy atom. The molecule has 0 bridgehead atoms. The first-order valence-corrected chi connectivity index (χ1v) is 13.9. The number of aliphatic hydroxyl groups is 1. The molecule has 1 saturated heterocycles. The predicted octanol–water partition coefficient (Wildman–Crippen LogP) is 3.75. The maximum absolute atomic E-state index is 14.0. The molecule has 0 radical (unpaired) electrons. The minimum Gasteiger partial charge on any atom is -0.393 e. The summed E-state index contributed by atoms with van der Waals surface area (Å²) in [6, 6.07) is 8.00. The van der Waals surface area contributed by atoms with Crippen molar-refractivity contribution in [1.29, 1.82) is 0 Å². The first kappa shape index (κ1) is 25.4. The Labute approximate surface area is 213 Å². The van der Waals surface area contributed by atoms with E-state index in [1.807, 2.05) is 30.0 Å². The number of carbonyl (C=O) groups excluding carboxylic acids is 1. The molecule has 1 amide bonds. The van der Waals surface area contributed by atoms with E-state index < -0.39 is 0 Å². The Balaban J connectivity index is 1.47. The van der Waals surface area contributed by atoms with Crippen LogP contribution in [0.1, 0.15) is 68.9 Å². The Kier molecular flexibility index (Phi) is 7.79. The summed E-state index contributed by atoms with van der Waals surface area (Å²) in [5.74, 6) is 0.0596. The summed E-state index contributed by atoms with van der Waals surface area (Å²) in [6.07, 6.45) is 8.22. The fraction of sp³-hybridized carbons (Fsp3) is 0.655. The van der Waals surface area contributed by atoms with Gasteiger partial charge >= 0.3 is 0 Å². The zero-order chi connectivity index (χ0) is 25.1. The van der Waals surface area contributed by atoms with E-state index in [0.29, 0.717) is 44.3 Å². The molecule has 2 heterocycles. The fourth-order valence-electron chi connectivity index (χ4n) is 6.66. The number of amides is 1. The Bertz CT molecular complexity index is 1110. The van der Waals surface area contributed by atoms with E-state index in [4.69, 9.17) is 4.74 Å². The number of benzene rings is 1. The number of ether oxygens (including phenoxy) is 1. The van der Waals surface area contributed by atoms with E-state index in [-0.39, 0.29) is 29.0 Å². The van der Waals surface area contributed by atoms with E-state index >= 15 is 0 Å². The molecule has 7 heteroatoms. The number of rotatable bonds is 6. The van der Waals surface area contributed by atoms with Crippen LogP contribution in [0.25, 0.3) is 10.9 Å². The molecule has 1 aliphatic heterocycles. The average Bonchev–Trinajstić information content (AvgIpc) is 2.90. The molecule has 5 rings (SSSR count). The second kappa shape index (κ2) is 11.0. The van der Waals surface area contributed by atoms with Gasteiger partial charge in [-0.25, -0.2) is 0 Å². The number of morpholine rings is 1. The van der Waals surface area contributed by atoms with Crippen LogP contribution in [0.2, 0.25) is 0 Å². The summed E-state index contributed by atoms with van der Waals surface area (Å²) in [4.78, 5) is 34.7. The van der Waals surface area contributed by atoms with Crippen LogP contribution in [0, 0.1) is 12.8 Å². The first-order chi connectivity index (χ1) is 17.4. The minimum absolute atomic E-state index is 0.0634. The van der Waals surface area contributed by atoms with Crippen LogP contribution < -0.4 is 5.56 Å². The van der Waals surface area contributed by atoms with Crippen molar-refractivity contribution in [2.75, 3.05) is 32.8 Å². The summed E-state index contributed by atoms with van der Waals surface area (Å²) in [7, 11) is 0. The third-order valence-corrected chi connectivity index (χ3v) is 8.75. The van der Waals surface area contributed by atoms with E-state index in [2.05, 4.69) is 16.0 Å². The number of fused-ring (bicyclic) bond motifs is 1. The highest BCUT2D eigenvalue weighted by atomic mass is 16.5. The lowest BCUT2D eigenvalue weighted by molar-refractivity contribution is -0.142. The van der Waals surface area contributed by atoms with Gasteiger partial charge in [-0.2, -0.15) is 0 Å². The van der Waals surface area contributed by atoms with Crippen molar-refractivity contribution >= 4 is 16.8 Å². The molecule has 0 atom stereocenters. The smallest absolute Gasteiger partial charge is 0.253 e. The number of carbonyl (C=O) groups is 1. The van der Waals surface area contributed by atoms with Crippen LogP contribution >= 0.6 is 0 Å². The molecule has 3 fully saturated rings. The number of aryl methyl sites for hydroxylation is 1. The zero-order valence-corrected chi connectivity index (χ0v) is 21.6. The maximum Gasteiger partial charge on any atom is 0.253 e. The number of hydrogen-bond acceptors (Lipinski definition) is 5. The molecule has 2 aliphatic carbocycles. The SMILES string of the molecule is Cc1ccc2[nH]c(=O)c(CN(CC3(N4CCOCC4)CCCCC3)C(=O)[C@H]3CC[C@@H](O)CC3)cc2c1. The van der Waals surface area contributed by atoms with Gasteiger partial charge in [-0.3, -0.25) is 14.5 Å². The summed E-state index contributed by atoms with van der Waals surface area (Å²) >= 11 is 0. The van der Waals surface area contributed by atoms with Crippen LogP contribution in [0.4, 0.5) is 0 Å². The van der Waals surface area contributed by atoms with E-state index in [1.165, 1.54) is 19.3 Å². The summed E-state index contributed by atoms with van der Waals surface area (Å²) in [6.45, 7) is 6.28. The van der Waals surface area contributed by atoms with Crippen molar-refractivity contribution in [2.24, 2.45) is 5.92 Å². The third kappa shape index (κ3) is 5.53. The lowest BCUT2D eigenvalue weighted by atomic mass is 9.78. The van der Waals surface area contributed by atoms with E-state index in [9.17, 15) is 14.7 Å². The number of aliphatic hydroxyl groups excluding tert-OH is 1. The van der Waals surface area contributed by atoms with Gasteiger partial charge in [0.05, 0.1) is 25.9 Å². The molecule has 36 heavy (non-hydrogen) atoms. The quantitative estimate of drug-likeness (QED) is 0.638. The highest BCUT2D eigenvalue weighted by Crippen LogP contribution is 2.36. The normalized spacial score (nSPS) is 25.1. The minimum atomic E-state index is -0.299. The van der Waals surface area contributed by atoms with Crippen LogP contribution in [-0.4, -0.2) is 70.3 Å². The molecule has 1 aromatic carbocycles. The van der Waals surface area contributed by atoms with E-state index in [0.717, 1.165) is 55.6 Å². The van der Waals surface area contributed by atoms with Gasteiger partial charge < -0.3 is 19.7 Å². The molecular weight excluding hydrogens is 454 g/mol. The van der Waals surface area contributed by atoms with Gasteiger partial charge in [0.25, 0.3) is 5.56 Å². The monoisotopic (exact) mass is 495 g/mol. The standard InChI is InChI=1S/C29H41N3O4/c1-21-5-10-26-23(17-21)18-24(27(34)30-26)19-31(28(35)22-6-8-25(33)9-7-22)20-29(11-3-2-4-12-29)32-13-15-36-16-14-32/h5,10,17-18,22,25,33H,2-4,6-9,11-16,19-20H2,1H3,(H,30,34)/t22-,25+. The number of H-pyrrole nitrogens is 1. The number of aromatic amines is 1. The van der Waals surface area contributed by atoms with Gasteiger partial charge in [-0.05, 0) is 69.0 Å². The zero-order valence-electron chi connectivity index (χ0n) is 21.6. The van der Waals surface area contributed by atoms with Crippen LogP contribution in [0.15, 0.2) is 29.1 Å².